The van der Waals surface area contributed by atoms with Crippen LogP contribution in [0.15, 0.2) is 24.3 Å². The van der Waals surface area contributed by atoms with Gasteiger partial charge in [0.2, 0.25) is 0 Å². The van der Waals surface area contributed by atoms with Gasteiger partial charge in [-0.15, -0.1) is 0 Å². The quantitative estimate of drug-likeness (QED) is 0.195. The molecule has 2 saturated heterocycles. The van der Waals surface area contributed by atoms with Crippen LogP contribution in [-0.2, 0) is 25.5 Å². The normalized spacial score (nSPS) is 42.8. The van der Waals surface area contributed by atoms with Gasteiger partial charge in [-0.2, -0.15) is 0 Å². The number of likely N-dealkylation sites (N-methyl/N-ethyl adjacent to an activating group) is 1. The standard InChI is InChI=1S/C37H64ClN3O9/c1-11-29-36(8,46)31(43)25(6)40-18-21(2)17-35(7,45)32(50-34-30(42)28(41(9)10)16-22(3)48-34)23(4)37(47,24(5)33(44)49-29)20-39-19-26-12-14-27(38)15-13-26/h12-15,21-25,28-32,34,39-40,42-43,45-47H,11,16-20H2,1-10H3/t21-,22-,23-,24?,25-,28+,29-,30-,31-,32-,34+,35+,36-,37-/m1/s1. The molecule has 50 heavy (non-hydrogen) atoms. The lowest BCUT2D eigenvalue weighted by Crippen LogP contribution is -2.64. The highest BCUT2D eigenvalue weighted by atomic mass is 35.5. The molecule has 14 atom stereocenters. The Kier molecular flexibility index (Phi) is 15.1. The van der Waals surface area contributed by atoms with Crippen molar-refractivity contribution in [1.82, 2.24) is 15.5 Å². The van der Waals surface area contributed by atoms with E-state index in [1.165, 1.54) is 6.92 Å². The molecule has 0 bridgehead atoms. The molecule has 2 aliphatic rings. The number of carbonyl (C=O) groups excluding carboxylic acids is 1. The maximum absolute atomic E-state index is 14.0. The van der Waals surface area contributed by atoms with Gasteiger partial charge in [0, 0.05) is 36.1 Å². The maximum Gasteiger partial charge on any atom is 0.312 e. The van der Waals surface area contributed by atoms with E-state index < -0.39 is 71.4 Å². The first kappa shape index (κ1) is 43.0. The fourth-order valence-electron chi connectivity index (χ4n) is 7.73. The molecule has 0 saturated carbocycles. The van der Waals surface area contributed by atoms with Crippen LogP contribution in [0, 0.1) is 17.8 Å². The molecule has 288 valence electrons. The molecule has 2 aliphatic heterocycles. The summed E-state index contributed by atoms with van der Waals surface area (Å²) in [6, 6.07) is 6.36. The second kappa shape index (κ2) is 17.6. The van der Waals surface area contributed by atoms with Crippen LogP contribution in [-0.4, -0.2) is 129 Å². The highest BCUT2D eigenvalue weighted by Crippen LogP contribution is 2.40. The van der Waals surface area contributed by atoms with Crippen molar-refractivity contribution >= 4 is 17.6 Å². The predicted molar refractivity (Wildman–Crippen MR) is 192 cm³/mol. The minimum absolute atomic E-state index is 0.113. The predicted octanol–water partition coefficient (Wildman–Crippen LogP) is 2.45. The SMILES string of the molecule is CC[C@H]1OC(=O)C(C)[C@@](O)(CNCc2ccc(Cl)cc2)[C@H](C)[C@@H](O[C@@H]2O[C@H](C)C[C@H](N(C)C)[C@H]2O)[C@@](C)(O)C[C@@H](C)CN[C@H](C)[C@@H](O)[C@]1(C)O. The summed E-state index contributed by atoms with van der Waals surface area (Å²) in [5, 5.41) is 66.5. The first-order valence-electron chi connectivity index (χ1n) is 18.0. The highest BCUT2D eigenvalue weighted by molar-refractivity contribution is 6.30. The van der Waals surface area contributed by atoms with Gasteiger partial charge in [-0.05, 0) is 98.1 Å². The zero-order valence-electron chi connectivity index (χ0n) is 31.6. The Morgan fingerprint density at radius 1 is 1.06 bits per heavy atom. The van der Waals surface area contributed by atoms with E-state index in [1.54, 1.807) is 46.8 Å². The molecule has 13 heteroatoms. The zero-order valence-corrected chi connectivity index (χ0v) is 32.4. The summed E-state index contributed by atoms with van der Waals surface area (Å²) in [4.78, 5) is 16.0. The summed E-state index contributed by atoms with van der Waals surface area (Å²) >= 11 is 6.08. The number of carbonyl (C=O) groups is 1. The van der Waals surface area contributed by atoms with Crippen molar-refractivity contribution in [2.24, 2.45) is 17.8 Å². The first-order valence-corrected chi connectivity index (χ1v) is 18.4. The number of halogens is 1. The molecular formula is C37H64ClN3O9. The van der Waals surface area contributed by atoms with E-state index in [9.17, 15) is 30.3 Å². The molecule has 2 fully saturated rings. The van der Waals surface area contributed by atoms with Gasteiger partial charge in [-0.3, -0.25) is 4.79 Å². The summed E-state index contributed by atoms with van der Waals surface area (Å²) < 4.78 is 18.7. The average Bonchev–Trinajstić information content (AvgIpc) is 3.04. The molecule has 0 radical (unpaired) electrons. The number of cyclic esters (lactones) is 1. The Labute approximate surface area is 303 Å². The van der Waals surface area contributed by atoms with Crippen LogP contribution in [0.1, 0.15) is 80.2 Å². The van der Waals surface area contributed by atoms with Crippen LogP contribution in [0.4, 0.5) is 0 Å². The van der Waals surface area contributed by atoms with Crippen molar-refractivity contribution in [2.75, 3.05) is 27.2 Å². The van der Waals surface area contributed by atoms with Gasteiger partial charge in [0.1, 0.15) is 23.9 Å². The van der Waals surface area contributed by atoms with Gasteiger partial charge in [0.25, 0.3) is 0 Å². The molecular weight excluding hydrogens is 666 g/mol. The van der Waals surface area contributed by atoms with Gasteiger partial charge in [0.15, 0.2) is 6.29 Å². The number of hydrogen-bond acceptors (Lipinski definition) is 12. The van der Waals surface area contributed by atoms with Crippen molar-refractivity contribution < 1.29 is 44.5 Å². The topological polar surface area (TPSA) is 173 Å². The molecule has 2 heterocycles. The number of rotatable bonds is 8. The summed E-state index contributed by atoms with van der Waals surface area (Å²) in [6.07, 6.45) is -5.04. The molecule has 3 rings (SSSR count). The molecule has 7 N–H and O–H groups in total. The lowest BCUT2D eigenvalue weighted by atomic mass is 9.70. The van der Waals surface area contributed by atoms with Crippen LogP contribution in [0.3, 0.4) is 0 Å². The smallest absolute Gasteiger partial charge is 0.312 e. The Morgan fingerprint density at radius 3 is 2.26 bits per heavy atom. The van der Waals surface area contributed by atoms with E-state index in [0.717, 1.165) is 5.56 Å². The van der Waals surface area contributed by atoms with Crippen LogP contribution < -0.4 is 10.6 Å². The Bertz CT molecular complexity index is 1220. The fourth-order valence-corrected chi connectivity index (χ4v) is 7.86. The number of aliphatic hydroxyl groups is 5. The molecule has 1 aromatic rings. The van der Waals surface area contributed by atoms with Crippen molar-refractivity contribution in [1.29, 1.82) is 0 Å². The molecule has 1 unspecified atom stereocenters. The number of nitrogens with one attached hydrogen (secondary N) is 2. The van der Waals surface area contributed by atoms with Gasteiger partial charge >= 0.3 is 5.97 Å². The highest BCUT2D eigenvalue weighted by Gasteiger charge is 2.54. The monoisotopic (exact) mass is 729 g/mol. The first-order chi connectivity index (χ1) is 23.1. The van der Waals surface area contributed by atoms with Crippen LogP contribution in [0.5, 0.6) is 0 Å². The Hall–Kier alpha value is -1.42. The maximum atomic E-state index is 14.0. The average molecular weight is 730 g/mol. The summed E-state index contributed by atoms with van der Waals surface area (Å²) in [5.41, 5.74) is -4.43. The lowest BCUT2D eigenvalue weighted by molar-refractivity contribution is -0.304. The lowest BCUT2D eigenvalue weighted by Gasteiger charge is -2.49. The Morgan fingerprint density at radius 2 is 1.68 bits per heavy atom. The molecule has 0 amide bonds. The van der Waals surface area contributed by atoms with Crippen molar-refractivity contribution in [3.05, 3.63) is 34.9 Å². The van der Waals surface area contributed by atoms with Gasteiger partial charge < -0.3 is 55.3 Å². The molecule has 0 spiro atoms. The number of ether oxygens (including phenoxy) is 3. The van der Waals surface area contributed by atoms with Crippen LogP contribution in [0.2, 0.25) is 5.02 Å². The second-order valence-corrected chi connectivity index (χ2v) is 16.2. The molecule has 1 aromatic carbocycles. The van der Waals surface area contributed by atoms with E-state index in [-0.39, 0.29) is 37.5 Å². The van der Waals surface area contributed by atoms with Crippen molar-refractivity contribution in [2.45, 2.75) is 147 Å². The summed E-state index contributed by atoms with van der Waals surface area (Å²) in [7, 11) is 3.75. The summed E-state index contributed by atoms with van der Waals surface area (Å²) in [5.74, 6) is -3.11. The number of benzene rings is 1. The third-order valence-corrected chi connectivity index (χ3v) is 11.3. The zero-order chi connectivity index (χ0) is 37.8. The van der Waals surface area contributed by atoms with E-state index in [1.807, 2.05) is 45.0 Å². The number of hydrogen-bond donors (Lipinski definition) is 7. The molecule has 0 aromatic heterocycles. The minimum Gasteiger partial charge on any atom is -0.459 e. The van der Waals surface area contributed by atoms with Gasteiger partial charge in [0.05, 0.1) is 29.3 Å². The van der Waals surface area contributed by atoms with Crippen molar-refractivity contribution in [3.63, 3.8) is 0 Å². The number of aliphatic hydroxyl groups excluding tert-OH is 2. The summed E-state index contributed by atoms with van der Waals surface area (Å²) in [6.45, 7) is 14.3. The number of nitrogens with zero attached hydrogens (tertiary/aromatic N) is 1. The minimum atomic E-state index is -1.90. The third-order valence-electron chi connectivity index (χ3n) is 11.1. The van der Waals surface area contributed by atoms with Gasteiger partial charge in [-0.1, -0.05) is 44.5 Å². The van der Waals surface area contributed by atoms with Crippen LogP contribution >= 0.6 is 11.6 Å². The van der Waals surface area contributed by atoms with E-state index >= 15 is 0 Å². The van der Waals surface area contributed by atoms with E-state index in [4.69, 9.17) is 25.8 Å². The second-order valence-electron chi connectivity index (χ2n) is 15.7. The van der Waals surface area contributed by atoms with Gasteiger partial charge in [-0.25, -0.2) is 0 Å². The Balaban J connectivity index is 2.12. The van der Waals surface area contributed by atoms with Crippen LogP contribution in [0.25, 0.3) is 0 Å². The third kappa shape index (κ3) is 10.2. The molecule has 0 aliphatic carbocycles. The fraction of sp³-hybridized carbons (Fsp3) is 0.811. The van der Waals surface area contributed by atoms with E-state index in [2.05, 4.69) is 10.6 Å². The van der Waals surface area contributed by atoms with Crippen molar-refractivity contribution in [3.8, 4) is 0 Å². The largest absolute Gasteiger partial charge is 0.459 e. The number of esters is 1. The molecule has 12 nitrogen and oxygen atoms in total. The van der Waals surface area contributed by atoms with E-state index in [0.29, 0.717) is 24.5 Å².